The molecule has 126 valence electrons. The molecule has 0 bridgehead atoms. The molecule has 0 aliphatic heterocycles. The van der Waals surface area contributed by atoms with Gasteiger partial charge in [-0.2, -0.15) is 0 Å². The molecular weight excluding hydrogens is 337 g/mol. The lowest BCUT2D eigenvalue weighted by atomic mass is 10.3. The molecule has 2 aromatic rings. The molecule has 0 spiro atoms. The third-order valence-corrected chi connectivity index (χ3v) is 7.33. The first kappa shape index (κ1) is 18.2. The lowest BCUT2D eigenvalue weighted by molar-refractivity contribution is 0.443. The first-order chi connectivity index (χ1) is 11.5. The van der Waals surface area contributed by atoms with Crippen molar-refractivity contribution in [3.63, 3.8) is 0 Å². The average molecular weight is 359 g/mol. The van der Waals surface area contributed by atoms with E-state index >= 15 is 0 Å². The average Bonchev–Trinajstić information content (AvgIpc) is 2.59. The zero-order chi connectivity index (χ0) is 17.6. The maximum Gasteiger partial charge on any atom is 0.127 e. The van der Waals surface area contributed by atoms with Gasteiger partial charge in [-0.1, -0.05) is 27.2 Å². The van der Waals surface area contributed by atoms with Crippen LogP contribution in [0.4, 0.5) is 5.69 Å². The van der Waals surface area contributed by atoms with E-state index in [9.17, 15) is 4.21 Å². The van der Waals surface area contributed by atoms with Crippen LogP contribution in [0.15, 0.2) is 95.0 Å². The van der Waals surface area contributed by atoms with Gasteiger partial charge in [0.1, 0.15) is 11.5 Å². The molecule has 0 aliphatic rings. The molecule has 0 aromatic heterocycles. The highest BCUT2D eigenvalue weighted by atomic mass is 32.8. The Hall–Kier alpha value is -2.16. The van der Waals surface area contributed by atoms with E-state index in [1.807, 2.05) is 49.4 Å². The van der Waals surface area contributed by atoms with E-state index < -0.39 is 9.55 Å². The minimum absolute atomic E-state index is 0.652. The normalized spacial score (nSPS) is 13.0. The lowest BCUT2D eigenvalue weighted by Gasteiger charge is -2.20. The van der Waals surface area contributed by atoms with Gasteiger partial charge >= 0.3 is 0 Å². The molecule has 0 saturated carbocycles. The standard InChI is InChI=1S/C19H22NO2PS/c1-3-5-6-16(4-2)22-17-9-13-19(14-10-17)24(21,23)18-11-7-15(20)8-12-18/h3-14,24H,1,20,23H2,2H3/b6-5-,16-4+. The van der Waals surface area contributed by atoms with Crippen LogP contribution < -0.4 is 10.5 Å². The summed E-state index contributed by atoms with van der Waals surface area (Å²) in [5, 5.41) is 0. The van der Waals surface area contributed by atoms with Gasteiger partial charge in [0, 0.05) is 15.5 Å². The second kappa shape index (κ2) is 8.09. The number of hydrogen-bond acceptors (Lipinski definition) is 3. The fraction of sp³-hybridized carbons (Fsp3) is 0.0526. The molecule has 2 aromatic carbocycles. The Labute approximate surface area is 146 Å². The van der Waals surface area contributed by atoms with Gasteiger partial charge in [0.15, 0.2) is 0 Å². The molecule has 0 fully saturated rings. The van der Waals surface area contributed by atoms with Crippen LogP contribution in [0.3, 0.4) is 0 Å². The summed E-state index contributed by atoms with van der Waals surface area (Å²) in [4.78, 5) is 1.49. The van der Waals surface area contributed by atoms with Crippen LogP contribution >= 0.6 is 8.44 Å². The van der Waals surface area contributed by atoms with Crippen LogP contribution in [0.5, 0.6) is 5.75 Å². The smallest absolute Gasteiger partial charge is 0.127 e. The molecule has 0 aliphatic carbocycles. The molecule has 0 saturated heterocycles. The molecule has 5 heteroatoms. The Bertz CT molecular complexity index is 808. The van der Waals surface area contributed by atoms with Gasteiger partial charge in [-0.3, -0.25) is 4.21 Å². The third kappa shape index (κ3) is 4.44. The maximum atomic E-state index is 13.1. The van der Waals surface area contributed by atoms with Crippen LogP contribution in [0.25, 0.3) is 0 Å². The van der Waals surface area contributed by atoms with E-state index in [0.29, 0.717) is 11.4 Å². The van der Waals surface area contributed by atoms with Gasteiger partial charge < -0.3 is 10.5 Å². The number of hydrogen-bond donors (Lipinski definition) is 2. The van der Waals surface area contributed by atoms with Crippen molar-refractivity contribution in [3.05, 3.63) is 85.2 Å². The van der Waals surface area contributed by atoms with E-state index in [-0.39, 0.29) is 0 Å². The Kier molecular flexibility index (Phi) is 6.13. The first-order valence-electron chi connectivity index (χ1n) is 7.46. The monoisotopic (exact) mass is 359 g/mol. The van der Waals surface area contributed by atoms with Crippen LogP contribution in [-0.4, -0.2) is 4.21 Å². The molecule has 1 unspecified atom stereocenters. The van der Waals surface area contributed by atoms with Crippen molar-refractivity contribution in [2.24, 2.45) is 0 Å². The number of benzene rings is 2. The Morgan fingerprint density at radius 1 is 1.12 bits per heavy atom. The fourth-order valence-corrected chi connectivity index (χ4v) is 4.58. The minimum atomic E-state index is -2.73. The highest BCUT2D eigenvalue weighted by Crippen LogP contribution is 2.35. The topological polar surface area (TPSA) is 52.3 Å². The van der Waals surface area contributed by atoms with E-state index in [1.165, 1.54) is 0 Å². The van der Waals surface area contributed by atoms with E-state index in [1.54, 1.807) is 30.3 Å². The number of ether oxygens (including phenoxy) is 1. The summed E-state index contributed by atoms with van der Waals surface area (Å²) < 4.78 is 18.9. The number of nitrogens with two attached hydrogens (primary N) is 1. The first-order valence-corrected chi connectivity index (χ1v) is 10.8. The number of anilines is 1. The predicted molar refractivity (Wildman–Crippen MR) is 107 cm³/mol. The molecule has 24 heavy (non-hydrogen) atoms. The van der Waals surface area contributed by atoms with Gasteiger partial charge in [-0.05, 0) is 77.2 Å². The summed E-state index contributed by atoms with van der Waals surface area (Å²) in [6, 6.07) is 14.4. The van der Waals surface area contributed by atoms with E-state index in [4.69, 9.17) is 10.5 Å². The number of nitrogen functional groups attached to an aromatic ring is 1. The van der Waals surface area contributed by atoms with Gasteiger partial charge in [-0.15, -0.1) is 0 Å². The summed E-state index contributed by atoms with van der Waals surface area (Å²) >= 11 is 0. The van der Waals surface area contributed by atoms with Crippen molar-refractivity contribution in [1.82, 2.24) is 0 Å². The fourth-order valence-electron chi connectivity index (χ4n) is 2.07. The Balaban J connectivity index is 2.22. The summed E-state index contributed by atoms with van der Waals surface area (Å²) in [7, 11) is -0.248. The molecule has 2 rings (SSSR count). The largest absolute Gasteiger partial charge is 0.458 e. The molecular formula is C19H22NO2PS. The van der Waals surface area contributed by atoms with Crippen molar-refractivity contribution >= 4 is 23.7 Å². The SMILES string of the molecule is C=C/C=C\C(=C/C)Oc1ccc([SH](=O)(P)c2ccc(N)cc2)cc1. The second-order valence-electron chi connectivity index (χ2n) is 5.13. The van der Waals surface area contributed by atoms with Gasteiger partial charge in [0.2, 0.25) is 0 Å². The summed E-state index contributed by atoms with van der Waals surface area (Å²) in [5.41, 5.74) is 6.34. The van der Waals surface area contributed by atoms with Crippen LogP contribution in [0.1, 0.15) is 6.92 Å². The van der Waals surface area contributed by atoms with Crippen molar-refractivity contribution in [1.29, 1.82) is 0 Å². The van der Waals surface area contributed by atoms with Gasteiger partial charge in [0.25, 0.3) is 0 Å². The molecule has 0 heterocycles. The van der Waals surface area contributed by atoms with Crippen molar-refractivity contribution in [2.45, 2.75) is 16.7 Å². The predicted octanol–water partition coefficient (Wildman–Crippen LogP) is 4.52. The summed E-state index contributed by atoms with van der Waals surface area (Å²) in [6.07, 6.45) is 7.19. The molecule has 3 nitrogen and oxygen atoms in total. The van der Waals surface area contributed by atoms with Crippen molar-refractivity contribution in [2.75, 3.05) is 5.73 Å². The van der Waals surface area contributed by atoms with Crippen LogP contribution in [0.2, 0.25) is 0 Å². The Morgan fingerprint density at radius 2 is 1.67 bits per heavy atom. The molecule has 0 amide bonds. The highest BCUT2D eigenvalue weighted by Gasteiger charge is 2.15. The number of thiol groups is 1. The van der Waals surface area contributed by atoms with Crippen LogP contribution in [-0.2, 0) is 9.55 Å². The number of rotatable bonds is 6. The Morgan fingerprint density at radius 3 is 2.17 bits per heavy atom. The lowest BCUT2D eigenvalue weighted by Crippen LogP contribution is -2.04. The summed E-state index contributed by atoms with van der Waals surface area (Å²) in [5.74, 6) is 1.40. The minimum Gasteiger partial charge on any atom is -0.458 e. The molecule has 1 atom stereocenters. The maximum absolute atomic E-state index is 13.1. The van der Waals surface area contributed by atoms with Crippen molar-refractivity contribution < 1.29 is 8.95 Å². The van der Waals surface area contributed by atoms with Gasteiger partial charge in [-0.25, -0.2) is 0 Å². The van der Waals surface area contributed by atoms with Gasteiger partial charge in [0.05, 0.1) is 0 Å². The molecule has 0 radical (unpaired) electrons. The van der Waals surface area contributed by atoms with Crippen molar-refractivity contribution in [3.8, 4) is 5.75 Å². The second-order valence-corrected chi connectivity index (χ2v) is 9.66. The zero-order valence-electron chi connectivity index (χ0n) is 13.6. The van der Waals surface area contributed by atoms with E-state index in [0.717, 1.165) is 15.6 Å². The van der Waals surface area contributed by atoms with Crippen LogP contribution in [0, 0.1) is 0 Å². The zero-order valence-corrected chi connectivity index (χ0v) is 15.6. The van der Waals surface area contributed by atoms with E-state index in [2.05, 4.69) is 15.0 Å². The molecule has 2 N–H and O–H groups in total. The summed E-state index contributed by atoms with van der Waals surface area (Å²) in [6.45, 7) is 5.53. The number of allylic oxidation sites excluding steroid dienone is 4. The highest BCUT2D eigenvalue weighted by molar-refractivity contribution is 8.45. The third-order valence-electron chi connectivity index (χ3n) is 3.41. The quantitative estimate of drug-likeness (QED) is 0.262.